The molecule has 1 amide bonds. The van der Waals surface area contributed by atoms with Crippen LogP contribution in [-0.4, -0.2) is 45.1 Å². The highest BCUT2D eigenvalue weighted by molar-refractivity contribution is 5.88. The topological polar surface area (TPSA) is 50.1 Å². The van der Waals surface area contributed by atoms with Crippen LogP contribution in [0.2, 0.25) is 0 Å². The molecule has 0 saturated carbocycles. The summed E-state index contributed by atoms with van der Waals surface area (Å²) >= 11 is 0. The van der Waals surface area contributed by atoms with E-state index in [0.29, 0.717) is 44.3 Å². The second kappa shape index (κ2) is 6.75. The van der Waals surface area contributed by atoms with Gasteiger partial charge in [0.15, 0.2) is 11.2 Å². The number of piperidine rings is 1. The molecule has 2 aromatic heterocycles. The lowest BCUT2D eigenvalue weighted by atomic mass is 9.89. The van der Waals surface area contributed by atoms with E-state index < -0.39 is 17.2 Å². The molecule has 5 heterocycles. The Hall–Kier alpha value is -3.00. The Morgan fingerprint density at radius 3 is 2.61 bits per heavy atom. The molecule has 2 atom stereocenters. The summed E-state index contributed by atoms with van der Waals surface area (Å²) in [5, 5.41) is 0. The van der Waals surface area contributed by atoms with Crippen LogP contribution in [-0.2, 0) is 9.53 Å². The molecule has 0 unspecified atom stereocenters. The van der Waals surface area contributed by atoms with Gasteiger partial charge in [-0.15, -0.1) is 0 Å². The largest absolute Gasteiger partial charge is 0.368 e. The number of pyridine rings is 1. The van der Waals surface area contributed by atoms with Gasteiger partial charge in [-0.1, -0.05) is 0 Å². The van der Waals surface area contributed by atoms with E-state index in [-0.39, 0.29) is 18.2 Å². The van der Waals surface area contributed by atoms with Crippen molar-refractivity contribution in [3.8, 4) is 0 Å². The minimum absolute atomic E-state index is 0.0525. The van der Waals surface area contributed by atoms with Crippen LogP contribution in [0, 0.1) is 11.6 Å². The minimum atomic E-state index is -0.855. The zero-order valence-electron chi connectivity index (χ0n) is 16.9. The molecule has 3 fully saturated rings. The predicted molar refractivity (Wildman–Crippen MR) is 109 cm³/mol. The summed E-state index contributed by atoms with van der Waals surface area (Å²) in [6, 6.07) is 7.19. The predicted octanol–water partition coefficient (Wildman–Crippen LogP) is 3.67. The zero-order valence-corrected chi connectivity index (χ0v) is 16.9. The maximum Gasteiger partial charge on any atom is 0.257 e. The monoisotopic (exact) mass is 424 g/mol. The van der Waals surface area contributed by atoms with Gasteiger partial charge in [-0.25, -0.2) is 13.8 Å². The van der Waals surface area contributed by atoms with Gasteiger partial charge >= 0.3 is 0 Å². The van der Waals surface area contributed by atoms with Crippen LogP contribution in [0.25, 0.3) is 5.65 Å². The first-order valence-corrected chi connectivity index (χ1v) is 10.7. The van der Waals surface area contributed by atoms with E-state index >= 15 is 0 Å². The molecule has 6 rings (SSSR count). The van der Waals surface area contributed by atoms with Crippen molar-refractivity contribution in [1.29, 1.82) is 0 Å². The average molecular weight is 424 g/mol. The van der Waals surface area contributed by atoms with Crippen molar-refractivity contribution in [2.75, 3.05) is 18.0 Å². The number of aromatic nitrogens is 2. The summed E-state index contributed by atoms with van der Waals surface area (Å²) in [5.41, 5.74) is 1.58. The fraction of sp³-hybridized carbons (Fsp3) is 0.391. The van der Waals surface area contributed by atoms with Gasteiger partial charge < -0.3 is 18.9 Å². The van der Waals surface area contributed by atoms with E-state index in [1.807, 2.05) is 28.9 Å². The van der Waals surface area contributed by atoms with Crippen LogP contribution < -0.4 is 4.90 Å². The number of rotatable bonds is 2. The summed E-state index contributed by atoms with van der Waals surface area (Å²) in [5.74, 6) is -1.30. The van der Waals surface area contributed by atoms with E-state index in [9.17, 15) is 13.6 Å². The fourth-order valence-corrected chi connectivity index (χ4v) is 5.43. The van der Waals surface area contributed by atoms with E-state index in [1.165, 1.54) is 12.1 Å². The molecular weight excluding hydrogens is 402 g/mol. The first kappa shape index (κ1) is 18.7. The van der Waals surface area contributed by atoms with Gasteiger partial charge in [-0.05, 0) is 42.7 Å². The van der Waals surface area contributed by atoms with Gasteiger partial charge in [0.05, 0.1) is 11.7 Å². The molecule has 160 valence electrons. The van der Waals surface area contributed by atoms with Crippen LogP contribution in [0.15, 0.2) is 48.9 Å². The SMILES string of the molecule is O=C1N2[C@@H](CC[C@H]2c2cc(F)cc(F)c2)OC12CCN(c1cccn3ccnc13)CC2. The van der Waals surface area contributed by atoms with Gasteiger partial charge in [0.1, 0.15) is 17.9 Å². The number of anilines is 1. The van der Waals surface area contributed by atoms with Crippen molar-refractivity contribution in [3.05, 3.63) is 66.1 Å². The average Bonchev–Trinajstić information content (AvgIpc) is 3.45. The maximum atomic E-state index is 13.8. The summed E-state index contributed by atoms with van der Waals surface area (Å²) < 4.78 is 35.9. The summed E-state index contributed by atoms with van der Waals surface area (Å²) in [6.07, 6.45) is 7.79. The molecule has 8 heteroatoms. The third-order valence-corrected chi connectivity index (χ3v) is 6.90. The number of fused-ring (bicyclic) bond motifs is 2. The summed E-state index contributed by atoms with van der Waals surface area (Å²) in [6.45, 7) is 1.36. The minimum Gasteiger partial charge on any atom is -0.368 e. The third kappa shape index (κ3) is 2.85. The number of hydrogen-bond acceptors (Lipinski definition) is 4. The zero-order chi connectivity index (χ0) is 21.2. The van der Waals surface area contributed by atoms with E-state index in [1.54, 1.807) is 11.1 Å². The van der Waals surface area contributed by atoms with Gasteiger partial charge in [-0.3, -0.25) is 4.79 Å². The lowest BCUT2D eigenvalue weighted by Gasteiger charge is -2.38. The number of carbonyl (C=O) groups excluding carboxylic acids is 1. The molecule has 1 aromatic carbocycles. The van der Waals surface area contributed by atoms with E-state index in [4.69, 9.17) is 4.74 Å². The molecule has 3 aliphatic rings. The molecule has 0 bridgehead atoms. The van der Waals surface area contributed by atoms with Crippen LogP contribution >= 0.6 is 0 Å². The number of imidazole rings is 1. The molecule has 6 nitrogen and oxygen atoms in total. The van der Waals surface area contributed by atoms with Crippen molar-refractivity contribution in [2.45, 2.75) is 43.6 Å². The number of benzene rings is 1. The Kier molecular flexibility index (Phi) is 4.08. The lowest BCUT2D eigenvalue weighted by molar-refractivity contribution is -0.140. The highest BCUT2D eigenvalue weighted by Crippen LogP contribution is 2.48. The van der Waals surface area contributed by atoms with Crippen molar-refractivity contribution in [1.82, 2.24) is 14.3 Å². The normalized spacial score (nSPS) is 25.0. The third-order valence-electron chi connectivity index (χ3n) is 6.90. The van der Waals surface area contributed by atoms with Crippen molar-refractivity contribution < 1.29 is 18.3 Å². The first-order chi connectivity index (χ1) is 15.0. The Morgan fingerprint density at radius 2 is 1.84 bits per heavy atom. The second-order valence-electron chi connectivity index (χ2n) is 8.61. The highest BCUT2D eigenvalue weighted by atomic mass is 19.1. The van der Waals surface area contributed by atoms with E-state index in [2.05, 4.69) is 9.88 Å². The molecule has 31 heavy (non-hydrogen) atoms. The molecule has 0 N–H and O–H groups in total. The number of amides is 1. The Labute approximate surface area is 178 Å². The molecule has 3 aliphatic heterocycles. The van der Waals surface area contributed by atoms with Gasteiger partial charge in [0, 0.05) is 50.6 Å². The number of hydrogen-bond donors (Lipinski definition) is 0. The second-order valence-corrected chi connectivity index (χ2v) is 8.61. The first-order valence-electron chi connectivity index (χ1n) is 10.7. The van der Waals surface area contributed by atoms with Crippen LogP contribution in [0.5, 0.6) is 0 Å². The number of ether oxygens (including phenoxy) is 1. The van der Waals surface area contributed by atoms with Gasteiger partial charge in [-0.2, -0.15) is 0 Å². The Bertz CT molecular complexity index is 1150. The molecule has 3 saturated heterocycles. The number of nitrogens with zero attached hydrogens (tertiary/aromatic N) is 4. The standard InChI is InChI=1S/C23H22F2N4O2/c24-16-12-15(13-17(25)14-16)18-3-4-20-29(18)22(30)23(31-20)5-9-27(10-6-23)19-2-1-8-28-11-7-26-21(19)28/h1-2,7-8,11-14,18,20H,3-6,9-10H2/t18-,20+/m0/s1. The molecular formula is C23H22F2N4O2. The van der Waals surface area contributed by atoms with Gasteiger partial charge in [0.25, 0.3) is 5.91 Å². The Balaban J connectivity index is 1.24. The van der Waals surface area contributed by atoms with Gasteiger partial charge in [0.2, 0.25) is 0 Å². The van der Waals surface area contributed by atoms with Crippen LogP contribution in [0.4, 0.5) is 14.5 Å². The molecule has 3 aromatic rings. The lowest BCUT2D eigenvalue weighted by Crippen LogP contribution is -2.50. The maximum absolute atomic E-state index is 13.8. The molecule has 0 aliphatic carbocycles. The fourth-order valence-electron chi connectivity index (χ4n) is 5.43. The van der Waals surface area contributed by atoms with Crippen LogP contribution in [0.1, 0.15) is 37.3 Å². The van der Waals surface area contributed by atoms with Crippen LogP contribution in [0.3, 0.4) is 0 Å². The molecule has 1 spiro atoms. The Morgan fingerprint density at radius 1 is 1.06 bits per heavy atom. The number of halogens is 2. The summed E-state index contributed by atoms with van der Waals surface area (Å²) in [7, 11) is 0. The highest BCUT2D eigenvalue weighted by Gasteiger charge is 2.58. The number of carbonyl (C=O) groups is 1. The quantitative estimate of drug-likeness (QED) is 0.630. The van der Waals surface area contributed by atoms with Crippen molar-refractivity contribution in [2.24, 2.45) is 0 Å². The van der Waals surface area contributed by atoms with Crippen molar-refractivity contribution in [3.63, 3.8) is 0 Å². The van der Waals surface area contributed by atoms with E-state index in [0.717, 1.165) is 17.4 Å². The van der Waals surface area contributed by atoms with Crippen molar-refractivity contribution >= 4 is 17.2 Å². The smallest absolute Gasteiger partial charge is 0.257 e. The molecule has 0 radical (unpaired) electrons. The summed E-state index contributed by atoms with van der Waals surface area (Å²) in [4.78, 5) is 21.9.